The van der Waals surface area contributed by atoms with Crippen LogP contribution < -0.4 is 0 Å². The molecule has 2 aromatic heterocycles. The number of benzene rings is 1. The minimum absolute atomic E-state index is 0.115. The summed E-state index contributed by atoms with van der Waals surface area (Å²) in [6.07, 6.45) is 5.66. The van der Waals surface area contributed by atoms with E-state index in [0.717, 1.165) is 43.0 Å². The molecular weight excluding hydrogens is 347 g/mol. The van der Waals surface area contributed by atoms with Gasteiger partial charge < -0.3 is 9.67 Å². The predicted molar refractivity (Wildman–Crippen MR) is 97.7 cm³/mol. The molecule has 0 bridgehead atoms. The Hall–Kier alpha value is -2.58. The fourth-order valence-electron chi connectivity index (χ4n) is 3.83. The highest BCUT2D eigenvalue weighted by Gasteiger charge is 2.26. The minimum Gasteiger partial charge on any atom is -0.388 e. The molecule has 0 spiro atoms. The molecule has 27 heavy (non-hydrogen) atoms. The minimum atomic E-state index is -0.240. The summed E-state index contributed by atoms with van der Waals surface area (Å²) in [7, 11) is 1.89. The molecule has 0 radical (unpaired) electrons. The number of nitrogens with zero attached hydrogens (tertiary/aromatic N) is 6. The van der Waals surface area contributed by atoms with Crippen molar-refractivity contribution in [2.45, 2.75) is 31.9 Å². The Morgan fingerprint density at radius 3 is 2.93 bits per heavy atom. The summed E-state index contributed by atoms with van der Waals surface area (Å²) in [4.78, 5) is 2.32. The van der Waals surface area contributed by atoms with E-state index < -0.39 is 0 Å². The van der Waals surface area contributed by atoms with E-state index in [0.29, 0.717) is 12.4 Å². The molecule has 142 valence electrons. The Morgan fingerprint density at radius 1 is 1.30 bits per heavy atom. The standard InChI is InChI=1S/C19H23FN6O/c1-24-18(13-27)22-23-19(24)14-4-2-8-25(11-14)12-15-10-16(20)5-6-17(15)26-9-3-7-21-26/h3,5-7,9-10,14,27H,2,4,8,11-13H2,1H3. The van der Waals surface area contributed by atoms with Gasteiger partial charge in [-0.15, -0.1) is 10.2 Å². The Balaban J connectivity index is 1.55. The van der Waals surface area contributed by atoms with Gasteiger partial charge in [0.25, 0.3) is 0 Å². The number of halogens is 1. The second kappa shape index (κ2) is 7.58. The van der Waals surface area contributed by atoms with Crippen molar-refractivity contribution in [1.29, 1.82) is 0 Å². The van der Waals surface area contributed by atoms with Crippen LogP contribution in [0.25, 0.3) is 5.69 Å². The molecular formula is C19H23FN6O. The Morgan fingerprint density at radius 2 is 2.19 bits per heavy atom. The van der Waals surface area contributed by atoms with Gasteiger partial charge in [0.05, 0.1) is 5.69 Å². The molecule has 1 aliphatic heterocycles. The van der Waals surface area contributed by atoms with Crippen LogP contribution >= 0.6 is 0 Å². The molecule has 3 heterocycles. The number of hydrogen-bond donors (Lipinski definition) is 1. The molecule has 1 fully saturated rings. The molecule has 0 aliphatic carbocycles. The first-order valence-corrected chi connectivity index (χ1v) is 9.15. The summed E-state index contributed by atoms with van der Waals surface area (Å²) in [6.45, 7) is 2.31. The summed E-state index contributed by atoms with van der Waals surface area (Å²) >= 11 is 0. The van der Waals surface area contributed by atoms with Crippen LogP contribution in [0.3, 0.4) is 0 Å². The van der Waals surface area contributed by atoms with E-state index in [9.17, 15) is 9.50 Å². The highest BCUT2D eigenvalue weighted by Crippen LogP contribution is 2.28. The summed E-state index contributed by atoms with van der Waals surface area (Å²) < 4.78 is 17.5. The van der Waals surface area contributed by atoms with Crippen molar-refractivity contribution in [3.63, 3.8) is 0 Å². The second-order valence-electron chi connectivity index (χ2n) is 6.99. The largest absolute Gasteiger partial charge is 0.388 e. The van der Waals surface area contributed by atoms with Crippen molar-refractivity contribution in [3.05, 3.63) is 59.7 Å². The first-order chi connectivity index (χ1) is 13.2. The Bertz CT molecular complexity index is 907. The maximum absolute atomic E-state index is 13.9. The first-order valence-electron chi connectivity index (χ1n) is 9.15. The summed E-state index contributed by atoms with van der Waals surface area (Å²) in [5, 5.41) is 22.0. The van der Waals surface area contributed by atoms with Crippen LogP contribution in [0.1, 0.15) is 36.0 Å². The van der Waals surface area contributed by atoms with Gasteiger partial charge in [0.15, 0.2) is 5.82 Å². The van der Waals surface area contributed by atoms with Crippen LogP contribution in [0.15, 0.2) is 36.7 Å². The molecule has 1 unspecified atom stereocenters. The van der Waals surface area contributed by atoms with Crippen LogP contribution in [0.2, 0.25) is 0 Å². The van der Waals surface area contributed by atoms with Gasteiger partial charge in [0.2, 0.25) is 0 Å². The van der Waals surface area contributed by atoms with Crippen molar-refractivity contribution in [2.24, 2.45) is 7.05 Å². The summed E-state index contributed by atoms with van der Waals surface area (Å²) in [5.41, 5.74) is 1.80. The molecule has 7 nitrogen and oxygen atoms in total. The third-order valence-electron chi connectivity index (χ3n) is 5.20. The molecule has 8 heteroatoms. The first kappa shape index (κ1) is 17.8. The quantitative estimate of drug-likeness (QED) is 0.744. The Kier molecular flexibility index (Phi) is 5.00. The van der Waals surface area contributed by atoms with Crippen LogP contribution in [-0.4, -0.2) is 47.6 Å². The van der Waals surface area contributed by atoms with Crippen molar-refractivity contribution in [2.75, 3.05) is 13.1 Å². The third kappa shape index (κ3) is 3.63. The molecule has 1 atom stereocenters. The second-order valence-corrected chi connectivity index (χ2v) is 6.99. The van der Waals surface area contributed by atoms with Gasteiger partial charge in [0.1, 0.15) is 18.2 Å². The molecule has 1 N–H and O–H groups in total. The smallest absolute Gasteiger partial charge is 0.158 e. The van der Waals surface area contributed by atoms with E-state index in [-0.39, 0.29) is 18.3 Å². The lowest BCUT2D eigenvalue weighted by molar-refractivity contribution is 0.194. The zero-order valence-electron chi connectivity index (χ0n) is 15.3. The molecule has 0 saturated carbocycles. The Labute approximate surface area is 157 Å². The SMILES string of the molecule is Cn1c(CO)nnc1C1CCCN(Cc2cc(F)ccc2-n2cccn2)C1. The highest BCUT2D eigenvalue weighted by molar-refractivity contribution is 5.40. The number of aromatic nitrogens is 5. The number of hydrogen-bond acceptors (Lipinski definition) is 5. The number of piperidine rings is 1. The number of rotatable bonds is 5. The van der Waals surface area contributed by atoms with E-state index in [1.165, 1.54) is 6.07 Å². The van der Waals surface area contributed by atoms with Gasteiger partial charge >= 0.3 is 0 Å². The molecule has 1 aliphatic rings. The third-order valence-corrected chi connectivity index (χ3v) is 5.20. The van der Waals surface area contributed by atoms with E-state index in [1.54, 1.807) is 23.0 Å². The highest BCUT2D eigenvalue weighted by atomic mass is 19.1. The van der Waals surface area contributed by atoms with Gasteiger partial charge in [-0.05, 0) is 49.2 Å². The van der Waals surface area contributed by atoms with Crippen molar-refractivity contribution < 1.29 is 9.50 Å². The topological polar surface area (TPSA) is 72.0 Å². The van der Waals surface area contributed by atoms with Gasteiger partial charge in [0, 0.05) is 38.4 Å². The lowest BCUT2D eigenvalue weighted by Crippen LogP contribution is -2.35. The zero-order valence-corrected chi connectivity index (χ0v) is 15.3. The maximum atomic E-state index is 13.9. The van der Waals surface area contributed by atoms with Gasteiger partial charge in [-0.1, -0.05) is 0 Å². The number of aliphatic hydroxyl groups excluding tert-OH is 1. The number of likely N-dealkylation sites (tertiary alicyclic amines) is 1. The van der Waals surface area contributed by atoms with Crippen LogP contribution in [0.5, 0.6) is 0 Å². The molecule has 1 aromatic carbocycles. The summed E-state index contributed by atoms with van der Waals surface area (Å²) in [5.74, 6) is 1.48. The van der Waals surface area contributed by atoms with Crippen molar-refractivity contribution >= 4 is 0 Å². The fraction of sp³-hybridized carbons (Fsp3) is 0.421. The molecule has 0 amide bonds. The van der Waals surface area contributed by atoms with Crippen molar-refractivity contribution in [1.82, 2.24) is 29.4 Å². The van der Waals surface area contributed by atoms with Gasteiger partial charge in [-0.2, -0.15) is 5.10 Å². The molecule has 3 aromatic rings. The van der Waals surface area contributed by atoms with Crippen molar-refractivity contribution in [3.8, 4) is 5.69 Å². The van der Waals surface area contributed by atoms with E-state index >= 15 is 0 Å². The van der Waals surface area contributed by atoms with E-state index in [4.69, 9.17) is 0 Å². The van der Waals surface area contributed by atoms with E-state index in [2.05, 4.69) is 20.2 Å². The number of aliphatic hydroxyl groups is 1. The zero-order chi connectivity index (χ0) is 18.8. The van der Waals surface area contributed by atoms with E-state index in [1.807, 2.05) is 23.9 Å². The fourth-order valence-corrected chi connectivity index (χ4v) is 3.83. The van der Waals surface area contributed by atoms with Gasteiger partial charge in [-0.25, -0.2) is 9.07 Å². The van der Waals surface area contributed by atoms with Crippen LogP contribution in [0.4, 0.5) is 4.39 Å². The normalized spacial score (nSPS) is 18.1. The molecule has 1 saturated heterocycles. The lowest BCUT2D eigenvalue weighted by atomic mass is 9.96. The average Bonchev–Trinajstić information content (AvgIpc) is 3.32. The van der Waals surface area contributed by atoms with Crippen LogP contribution in [-0.2, 0) is 20.2 Å². The van der Waals surface area contributed by atoms with Crippen LogP contribution in [0, 0.1) is 5.82 Å². The summed E-state index contributed by atoms with van der Waals surface area (Å²) in [6, 6.07) is 6.69. The molecule has 4 rings (SSSR count). The monoisotopic (exact) mass is 370 g/mol. The average molecular weight is 370 g/mol. The lowest BCUT2D eigenvalue weighted by Gasteiger charge is -2.32. The van der Waals surface area contributed by atoms with Gasteiger partial charge in [-0.3, -0.25) is 4.90 Å². The maximum Gasteiger partial charge on any atom is 0.158 e. The predicted octanol–water partition coefficient (Wildman–Crippen LogP) is 2.01.